The van der Waals surface area contributed by atoms with Gasteiger partial charge in [0.25, 0.3) is 0 Å². The molecule has 0 spiro atoms. The van der Waals surface area contributed by atoms with E-state index >= 15 is 0 Å². The number of fused-ring (bicyclic) bond motifs is 2. The first-order valence-corrected chi connectivity index (χ1v) is 7.20. The van der Waals surface area contributed by atoms with Crippen molar-refractivity contribution in [3.63, 3.8) is 0 Å². The van der Waals surface area contributed by atoms with Gasteiger partial charge in [-0.25, -0.2) is 0 Å². The molecule has 0 saturated carbocycles. The van der Waals surface area contributed by atoms with E-state index in [9.17, 15) is 14.7 Å². The highest BCUT2D eigenvalue weighted by atomic mass is 16.4. The molecular formula is C19H16O3. The van der Waals surface area contributed by atoms with E-state index < -0.39 is 11.9 Å². The number of carbonyl (C=O) groups is 2. The third kappa shape index (κ3) is 2.46. The Morgan fingerprint density at radius 2 is 1.45 bits per heavy atom. The highest BCUT2D eigenvalue weighted by molar-refractivity contribution is 6.04. The fraction of sp³-hybridized carbons (Fsp3) is 0.158. The quantitative estimate of drug-likeness (QED) is 0.587. The van der Waals surface area contributed by atoms with Gasteiger partial charge in [-0.1, -0.05) is 48.5 Å². The molecule has 110 valence electrons. The van der Waals surface area contributed by atoms with Gasteiger partial charge in [-0.3, -0.25) is 9.59 Å². The van der Waals surface area contributed by atoms with Crippen LogP contribution in [0.5, 0.6) is 0 Å². The average molecular weight is 292 g/mol. The van der Waals surface area contributed by atoms with Gasteiger partial charge in [0.05, 0.1) is 0 Å². The van der Waals surface area contributed by atoms with Crippen molar-refractivity contribution >= 4 is 33.3 Å². The summed E-state index contributed by atoms with van der Waals surface area (Å²) in [6, 6.07) is 17.9. The van der Waals surface area contributed by atoms with Crippen molar-refractivity contribution in [1.29, 1.82) is 0 Å². The first kappa shape index (κ1) is 14.3. The minimum Gasteiger partial charge on any atom is -0.481 e. The molecule has 0 bridgehead atoms. The summed E-state index contributed by atoms with van der Waals surface area (Å²) in [6.45, 7) is 1.34. The van der Waals surface area contributed by atoms with Crippen LogP contribution in [0.1, 0.15) is 12.5 Å². The van der Waals surface area contributed by atoms with E-state index in [1.54, 1.807) is 0 Å². The molecule has 0 aromatic heterocycles. The van der Waals surface area contributed by atoms with Crippen molar-refractivity contribution in [2.24, 2.45) is 5.92 Å². The molecule has 0 saturated heterocycles. The number of aliphatic carboxylic acids is 1. The Bertz CT molecular complexity index is 812. The molecule has 3 rings (SSSR count). The molecule has 0 amide bonds. The molecule has 3 nitrogen and oxygen atoms in total. The Hall–Kier alpha value is -2.68. The summed E-state index contributed by atoms with van der Waals surface area (Å²) in [5.41, 5.74) is 0.927. The molecule has 22 heavy (non-hydrogen) atoms. The van der Waals surface area contributed by atoms with E-state index in [0.717, 1.165) is 27.1 Å². The van der Waals surface area contributed by atoms with Crippen LogP contribution in [0.4, 0.5) is 0 Å². The fourth-order valence-electron chi connectivity index (χ4n) is 2.94. The van der Waals surface area contributed by atoms with E-state index in [0.29, 0.717) is 0 Å². The maximum Gasteiger partial charge on any atom is 0.314 e. The Morgan fingerprint density at radius 1 is 0.955 bits per heavy atom. The van der Waals surface area contributed by atoms with E-state index in [1.165, 1.54) is 6.92 Å². The number of ketones is 1. The molecule has 0 aliphatic carbocycles. The van der Waals surface area contributed by atoms with Crippen molar-refractivity contribution in [1.82, 2.24) is 0 Å². The molecule has 1 unspecified atom stereocenters. The van der Waals surface area contributed by atoms with Crippen LogP contribution < -0.4 is 0 Å². The summed E-state index contributed by atoms with van der Waals surface area (Å²) in [5, 5.41) is 13.5. The Morgan fingerprint density at radius 3 is 1.91 bits per heavy atom. The van der Waals surface area contributed by atoms with E-state index in [2.05, 4.69) is 6.07 Å². The van der Waals surface area contributed by atoms with Crippen LogP contribution in [0, 0.1) is 5.92 Å². The second-order valence-electron chi connectivity index (χ2n) is 5.50. The minimum atomic E-state index is -1.07. The normalized spacial score (nSPS) is 12.4. The molecule has 1 N–H and O–H groups in total. The molecule has 3 aromatic carbocycles. The van der Waals surface area contributed by atoms with Crippen LogP contribution in [-0.2, 0) is 16.0 Å². The maximum absolute atomic E-state index is 11.7. The lowest BCUT2D eigenvalue weighted by molar-refractivity contribution is -0.145. The molecular weight excluding hydrogens is 276 g/mol. The van der Waals surface area contributed by atoms with Crippen LogP contribution >= 0.6 is 0 Å². The lowest BCUT2D eigenvalue weighted by atomic mass is 9.89. The summed E-state index contributed by atoms with van der Waals surface area (Å²) in [7, 11) is 0. The van der Waals surface area contributed by atoms with Crippen LogP contribution in [0.25, 0.3) is 21.5 Å². The number of carbonyl (C=O) groups excluding carboxylic acids is 1. The van der Waals surface area contributed by atoms with Crippen molar-refractivity contribution in [3.05, 3.63) is 60.2 Å². The zero-order valence-electron chi connectivity index (χ0n) is 12.2. The monoisotopic (exact) mass is 292 g/mol. The van der Waals surface area contributed by atoms with Crippen molar-refractivity contribution < 1.29 is 14.7 Å². The highest BCUT2D eigenvalue weighted by Gasteiger charge is 2.24. The number of hydrogen-bond donors (Lipinski definition) is 1. The van der Waals surface area contributed by atoms with Gasteiger partial charge in [0, 0.05) is 0 Å². The molecule has 3 heteroatoms. The summed E-state index contributed by atoms with van der Waals surface area (Å²) in [4.78, 5) is 23.1. The molecule has 0 aliphatic rings. The fourth-order valence-corrected chi connectivity index (χ4v) is 2.94. The van der Waals surface area contributed by atoms with Crippen molar-refractivity contribution in [2.75, 3.05) is 0 Å². The van der Waals surface area contributed by atoms with Gasteiger partial charge < -0.3 is 5.11 Å². The number of benzene rings is 3. The summed E-state index contributed by atoms with van der Waals surface area (Å²) < 4.78 is 0. The predicted octanol–water partition coefficient (Wildman–Crippen LogP) is 3.83. The zero-order valence-corrected chi connectivity index (χ0v) is 12.2. The second kappa shape index (κ2) is 5.60. The molecule has 0 radical (unpaired) electrons. The van der Waals surface area contributed by atoms with E-state index in [1.807, 2.05) is 48.5 Å². The average Bonchev–Trinajstić information content (AvgIpc) is 2.50. The number of carboxylic acid groups (broad SMARTS) is 1. The lowest BCUT2D eigenvalue weighted by Crippen LogP contribution is -2.24. The SMILES string of the molecule is CC(=O)C(Cc1c2ccccc2cc2ccccc12)C(=O)O. The van der Waals surface area contributed by atoms with Gasteiger partial charge in [0.1, 0.15) is 11.7 Å². The summed E-state index contributed by atoms with van der Waals surface area (Å²) in [6.07, 6.45) is 0.215. The first-order valence-electron chi connectivity index (χ1n) is 7.20. The van der Waals surface area contributed by atoms with Crippen LogP contribution in [0.2, 0.25) is 0 Å². The molecule has 0 fully saturated rings. The summed E-state index contributed by atoms with van der Waals surface area (Å²) in [5.74, 6) is -2.39. The molecule has 0 heterocycles. The Labute approximate surface area is 128 Å². The van der Waals surface area contributed by atoms with Gasteiger partial charge in [-0.15, -0.1) is 0 Å². The number of hydrogen-bond acceptors (Lipinski definition) is 2. The summed E-state index contributed by atoms with van der Waals surface area (Å²) >= 11 is 0. The smallest absolute Gasteiger partial charge is 0.314 e. The van der Waals surface area contributed by atoms with Gasteiger partial charge in [0.15, 0.2) is 0 Å². The van der Waals surface area contributed by atoms with Gasteiger partial charge in [-0.2, -0.15) is 0 Å². The topological polar surface area (TPSA) is 54.4 Å². The molecule has 3 aromatic rings. The van der Waals surface area contributed by atoms with Crippen LogP contribution in [0.3, 0.4) is 0 Å². The Balaban J connectivity index is 2.28. The molecule has 0 aliphatic heterocycles. The largest absolute Gasteiger partial charge is 0.481 e. The Kier molecular flexibility index (Phi) is 3.63. The number of Topliss-reactive ketones (excluding diaryl/α,β-unsaturated/α-hetero) is 1. The third-order valence-corrected chi connectivity index (χ3v) is 4.08. The number of rotatable bonds is 4. The van der Waals surface area contributed by atoms with E-state index in [-0.39, 0.29) is 12.2 Å². The maximum atomic E-state index is 11.7. The first-order chi connectivity index (χ1) is 10.6. The third-order valence-electron chi connectivity index (χ3n) is 4.08. The molecule has 1 atom stereocenters. The highest BCUT2D eigenvalue weighted by Crippen LogP contribution is 2.30. The van der Waals surface area contributed by atoms with E-state index in [4.69, 9.17) is 0 Å². The van der Waals surface area contributed by atoms with Gasteiger partial charge >= 0.3 is 5.97 Å². The standard InChI is InChI=1S/C19H16O3/c1-12(20)17(19(21)22)11-18-15-8-4-2-6-13(15)10-14-7-3-5-9-16(14)18/h2-10,17H,11H2,1H3,(H,21,22). The van der Waals surface area contributed by atoms with Crippen LogP contribution in [-0.4, -0.2) is 16.9 Å². The van der Waals surface area contributed by atoms with Crippen molar-refractivity contribution in [2.45, 2.75) is 13.3 Å². The minimum absolute atomic E-state index is 0.215. The number of carboxylic acids is 1. The lowest BCUT2D eigenvalue weighted by Gasteiger charge is -2.14. The second-order valence-corrected chi connectivity index (χ2v) is 5.50. The van der Waals surface area contributed by atoms with Gasteiger partial charge in [0.2, 0.25) is 0 Å². The van der Waals surface area contributed by atoms with Crippen molar-refractivity contribution in [3.8, 4) is 0 Å². The zero-order chi connectivity index (χ0) is 15.7. The predicted molar refractivity (Wildman–Crippen MR) is 87.0 cm³/mol. The van der Waals surface area contributed by atoms with Gasteiger partial charge in [-0.05, 0) is 46.5 Å². The van der Waals surface area contributed by atoms with Crippen LogP contribution in [0.15, 0.2) is 54.6 Å².